The normalized spacial score (nSPS) is 17.2. The Kier molecular flexibility index (Phi) is 7.74. The van der Waals surface area contributed by atoms with E-state index in [0.29, 0.717) is 12.6 Å². The molecule has 0 saturated carbocycles. The molecule has 6 heteroatoms. The predicted molar refractivity (Wildman–Crippen MR) is 92.9 cm³/mol. The largest absolute Gasteiger partial charge is 0.383 e. The number of aromatic nitrogens is 1. The first-order valence-corrected chi connectivity index (χ1v) is 8.37. The van der Waals surface area contributed by atoms with Crippen LogP contribution in [-0.2, 0) is 16.0 Å². The number of methoxy groups -OCH3 is 1. The van der Waals surface area contributed by atoms with Crippen LogP contribution in [0.2, 0.25) is 0 Å². The van der Waals surface area contributed by atoms with Crippen molar-refractivity contribution in [1.82, 2.24) is 15.2 Å². The van der Waals surface area contributed by atoms with E-state index in [1.165, 1.54) is 5.56 Å². The zero-order valence-corrected chi connectivity index (χ0v) is 14.6. The molecule has 0 aromatic carbocycles. The van der Waals surface area contributed by atoms with Gasteiger partial charge in [-0.25, -0.2) is 4.98 Å². The molecule has 0 radical (unpaired) electrons. The fraction of sp³-hybridized carbons (Fsp3) is 0.706. The van der Waals surface area contributed by atoms with Gasteiger partial charge in [-0.3, -0.25) is 4.90 Å². The number of hydrogen-bond donors (Lipinski definition) is 1. The zero-order valence-electron chi connectivity index (χ0n) is 14.6. The molecule has 1 atom stereocenters. The number of hydrogen-bond acceptors (Lipinski definition) is 6. The summed E-state index contributed by atoms with van der Waals surface area (Å²) in [5.74, 6) is 0.979. The summed E-state index contributed by atoms with van der Waals surface area (Å²) < 4.78 is 10.5. The Balaban J connectivity index is 1.72. The molecule has 2 rings (SSSR count). The number of likely N-dealkylation sites (N-methyl/N-ethyl adjacent to an activating group) is 1. The molecule has 1 fully saturated rings. The van der Waals surface area contributed by atoms with Gasteiger partial charge in [0.05, 0.1) is 19.8 Å². The SMILES string of the molecule is COCCN(C)c1ccc(CN[C@H](C)CN2CCOCC2)cn1. The van der Waals surface area contributed by atoms with Crippen molar-refractivity contribution >= 4 is 5.82 Å². The Morgan fingerprint density at radius 1 is 1.39 bits per heavy atom. The maximum absolute atomic E-state index is 5.38. The number of nitrogens with one attached hydrogen (secondary N) is 1. The van der Waals surface area contributed by atoms with Crippen LogP contribution < -0.4 is 10.2 Å². The van der Waals surface area contributed by atoms with Gasteiger partial charge >= 0.3 is 0 Å². The van der Waals surface area contributed by atoms with Crippen molar-refractivity contribution < 1.29 is 9.47 Å². The Hall–Kier alpha value is -1.21. The molecule has 1 aliphatic heterocycles. The third-order valence-electron chi connectivity index (χ3n) is 4.12. The highest BCUT2D eigenvalue weighted by atomic mass is 16.5. The number of pyridine rings is 1. The summed E-state index contributed by atoms with van der Waals surface area (Å²) in [6.45, 7) is 9.48. The molecule has 1 aromatic rings. The molecule has 1 aromatic heterocycles. The van der Waals surface area contributed by atoms with E-state index in [1.54, 1.807) is 7.11 Å². The smallest absolute Gasteiger partial charge is 0.128 e. The fourth-order valence-corrected chi connectivity index (χ4v) is 2.62. The average Bonchev–Trinajstić information content (AvgIpc) is 2.59. The molecule has 1 N–H and O–H groups in total. The van der Waals surface area contributed by atoms with Crippen LogP contribution in [0.15, 0.2) is 18.3 Å². The monoisotopic (exact) mass is 322 g/mol. The van der Waals surface area contributed by atoms with E-state index >= 15 is 0 Å². The summed E-state index contributed by atoms with van der Waals surface area (Å²) in [5, 5.41) is 3.57. The minimum Gasteiger partial charge on any atom is -0.383 e. The van der Waals surface area contributed by atoms with Gasteiger partial charge in [0.1, 0.15) is 5.82 Å². The molecule has 0 amide bonds. The summed E-state index contributed by atoms with van der Waals surface area (Å²) in [6.07, 6.45) is 1.95. The van der Waals surface area contributed by atoms with Gasteiger partial charge in [0, 0.05) is 59.1 Å². The number of anilines is 1. The lowest BCUT2D eigenvalue weighted by Crippen LogP contribution is -2.44. The molecule has 1 aliphatic rings. The van der Waals surface area contributed by atoms with Crippen molar-refractivity contribution in [1.29, 1.82) is 0 Å². The lowest BCUT2D eigenvalue weighted by Gasteiger charge is -2.29. The van der Waals surface area contributed by atoms with Gasteiger partial charge in [-0.1, -0.05) is 6.07 Å². The third-order valence-corrected chi connectivity index (χ3v) is 4.12. The number of nitrogens with zero attached hydrogens (tertiary/aromatic N) is 3. The van der Waals surface area contributed by atoms with E-state index < -0.39 is 0 Å². The molecule has 1 saturated heterocycles. The molecule has 23 heavy (non-hydrogen) atoms. The Bertz CT molecular complexity index is 435. The van der Waals surface area contributed by atoms with Gasteiger partial charge in [0.25, 0.3) is 0 Å². The van der Waals surface area contributed by atoms with Crippen LogP contribution in [0.4, 0.5) is 5.82 Å². The first kappa shape index (κ1) is 18.1. The van der Waals surface area contributed by atoms with Crippen molar-refractivity contribution in [3.63, 3.8) is 0 Å². The van der Waals surface area contributed by atoms with Crippen molar-refractivity contribution in [2.45, 2.75) is 19.5 Å². The Labute approximate surface area is 139 Å². The van der Waals surface area contributed by atoms with Gasteiger partial charge in [0.15, 0.2) is 0 Å². The Morgan fingerprint density at radius 3 is 2.83 bits per heavy atom. The summed E-state index contributed by atoms with van der Waals surface area (Å²) in [7, 11) is 3.75. The first-order valence-electron chi connectivity index (χ1n) is 8.37. The van der Waals surface area contributed by atoms with Crippen molar-refractivity contribution in [2.75, 3.05) is 65.1 Å². The van der Waals surface area contributed by atoms with Gasteiger partial charge in [-0.05, 0) is 18.6 Å². The molecular weight excluding hydrogens is 292 g/mol. The summed E-state index contributed by atoms with van der Waals surface area (Å²) in [4.78, 5) is 9.08. The second-order valence-corrected chi connectivity index (χ2v) is 6.13. The van der Waals surface area contributed by atoms with E-state index in [4.69, 9.17) is 9.47 Å². The van der Waals surface area contributed by atoms with Gasteiger partial charge in [0.2, 0.25) is 0 Å². The lowest BCUT2D eigenvalue weighted by atomic mass is 10.2. The molecule has 0 spiro atoms. The molecule has 130 valence electrons. The molecule has 0 unspecified atom stereocenters. The van der Waals surface area contributed by atoms with Gasteiger partial charge < -0.3 is 19.7 Å². The van der Waals surface area contributed by atoms with Gasteiger partial charge in [-0.15, -0.1) is 0 Å². The van der Waals surface area contributed by atoms with E-state index in [-0.39, 0.29) is 0 Å². The van der Waals surface area contributed by atoms with Gasteiger partial charge in [-0.2, -0.15) is 0 Å². The molecule has 6 nitrogen and oxygen atoms in total. The number of morpholine rings is 1. The minimum atomic E-state index is 0.456. The highest BCUT2D eigenvalue weighted by Crippen LogP contribution is 2.09. The topological polar surface area (TPSA) is 49.9 Å². The first-order chi connectivity index (χ1) is 11.2. The Morgan fingerprint density at radius 2 is 2.17 bits per heavy atom. The maximum atomic E-state index is 5.38. The predicted octanol–water partition coefficient (Wildman–Crippen LogP) is 0.975. The zero-order chi connectivity index (χ0) is 16.5. The van der Waals surface area contributed by atoms with E-state index in [1.807, 2.05) is 13.2 Å². The summed E-state index contributed by atoms with van der Waals surface area (Å²) >= 11 is 0. The molecule has 2 heterocycles. The van der Waals surface area contributed by atoms with Crippen LogP contribution in [0.1, 0.15) is 12.5 Å². The highest BCUT2D eigenvalue weighted by Gasteiger charge is 2.13. The van der Waals surface area contributed by atoms with Crippen LogP contribution in [-0.4, -0.2) is 76.1 Å². The molecular formula is C17H30N4O2. The van der Waals surface area contributed by atoms with E-state index in [0.717, 1.165) is 51.8 Å². The summed E-state index contributed by atoms with van der Waals surface area (Å²) in [6, 6.07) is 4.66. The second kappa shape index (κ2) is 9.82. The quantitative estimate of drug-likeness (QED) is 0.731. The average molecular weight is 322 g/mol. The second-order valence-electron chi connectivity index (χ2n) is 6.13. The minimum absolute atomic E-state index is 0.456. The lowest BCUT2D eigenvalue weighted by molar-refractivity contribution is 0.0343. The highest BCUT2D eigenvalue weighted by molar-refractivity contribution is 5.38. The maximum Gasteiger partial charge on any atom is 0.128 e. The number of ether oxygens (including phenoxy) is 2. The van der Waals surface area contributed by atoms with Crippen LogP contribution in [0.3, 0.4) is 0 Å². The number of rotatable bonds is 9. The van der Waals surface area contributed by atoms with Crippen molar-refractivity contribution in [3.8, 4) is 0 Å². The van der Waals surface area contributed by atoms with Crippen LogP contribution in [0, 0.1) is 0 Å². The van der Waals surface area contributed by atoms with Crippen molar-refractivity contribution in [3.05, 3.63) is 23.9 Å². The molecule has 0 bridgehead atoms. The van der Waals surface area contributed by atoms with E-state index in [9.17, 15) is 0 Å². The van der Waals surface area contributed by atoms with E-state index in [2.05, 4.69) is 39.2 Å². The van der Waals surface area contributed by atoms with Crippen LogP contribution >= 0.6 is 0 Å². The van der Waals surface area contributed by atoms with Crippen molar-refractivity contribution in [2.24, 2.45) is 0 Å². The standard InChI is InChI=1S/C17H30N4O2/c1-15(14-21-7-10-23-11-8-21)18-12-16-4-5-17(19-13-16)20(2)6-9-22-3/h4-5,13,15,18H,6-12,14H2,1-3H3/t15-/m1/s1. The van der Waals surface area contributed by atoms with Crippen LogP contribution in [0.25, 0.3) is 0 Å². The fourth-order valence-electron chi connectivity index (χ4n) is 2.62. The summed E-state index contributed by atoms with van der Waals surface area (Å²) in [5.41, 5.74) is 1.21. The third kappa shape index (κ3) is 6.43. The van der Waals surface area contributed by atoms with Crippen LogP contribution in [0.5, 0.6) is 0 Å². The molecule has 0 aliphatic carbocycles.